The molecule has 5 rings (SSSR count). The highest BCUT2D eigenvalue weighted by Crippen LogP contribution is 2.41. The molecule has 4 atom stereocenters. The zero-order valence-corrected chi connectivity index (χ0v) is 15.3. The van der Waals surface area contributed by atoms with Crippen LogP contribution in [0.5, 0.6) is 5.75 Å². The van der Waals surface area contributed by atoms with Crippen molar-refractivity contribution in [3.05, 3.63) is 47.8 Å². The van der Waals surface area contributed by atoms with Gasteiger partial charge in [0.05, 0.1) is 25.2 Å². The first-order chi connectivity index (χ1) is 13.2. The van der Waals surface area contributed by atoms with Gasteiger partial charge in [0.1, 0.15) is 5.75 Å². The molecule has 6 nitrogen and oxygen atoms in total. The lowest BCUT2D eigenvalue weighted by molar-refractivity contribution is -0.129. The molecule has 2 aromatic rings. The Labute approximate surface area is 158 Å². The molecule has 1 saturated heterocycles. The van der Waals surface area contributed by atoms with E-state index in [1.54, 1.807) is 6.20 Å². The summed E-state index contributed by atoms with van der Waals surface area (Å²) < 4.78 is 7.42. The lowest BCUT2D eigenvalue weighted by Gasteiger charge is -2.35. The highest BCUT2D eigenvalue weighted by molar-refractivity contribution is 5.79. The summed E-state index contributed by atoms with van der Waals surface area (Å²) >= 11 is 0. The molecule has 2 fully saturated rings. The van der Waals surface area contributed by atoms with Crippen molar-refractivity contribution in [2.45, 2.75) is 37.8 Å². The van der Waals surface area contributed by atoms with E-state index in [0.717, 1.165) is 50.3 Å². The van der Waals surface area contributed by atoms with Crippen molar-refractivity contribution in [3.8, 4) is 5.75 Å². The van der Waals surface area contributed by atoms with Gasteiger partial charge in [0.25, 0.3) is 0 Å². The van der Waals surface area contributed by atoms with Crippen LogP contribution in [0.15, 0.2) is 36.7 Å². The first-order valence-corrected chi connectivity index (χ1v) is 9.87. The minimum absolute atomic E-state index is 0.0213. The minimum atomic E-state index is -0.391. The average Bonchev–Trinajstić information content (AvgIpc) is 3.40. The number of amides is 1. The molecule has 0 unspecified atom stereocenters. The van der Waals surface area contributed by atoms with Crippen LogP contribution in [-0.2, 0) is 17.6 Å². The quantitative estimate of drug-likeness (QED) is 0.899. The number of carbonyl (C=O) groups is 1. The molecule has 27 heavy (non-hydrogen) atoms. The molecule has 0 bridgehead atoms. The molecule has 6 heteroatoms. The fourth-order valence-electron chi connectivity index (χ4n) is 5.01. The largest absolute Gasteiger partial charge is 0.493 e. The topological polar surface area (TPSA) is 67.6 Å². The van der Waals surface area contributed by atoms with Gasteiger partial charge >= 0.3 is 0 Å². The Morgan fingerprint density at radius 1 is 1.26 bits per heavy atom. The molecule has 2 aliphatic heterocycles. The second kappa shape index (κ2) is 6.68. The molecule has 0 spiro atoms. The lowest BCUT2D eigenvalue weighted by Crippen LogP contribution is -2.36. The van der Waals surface area contributed by atoms with E-state index in [1.807, 2.05) is 34.0 Å². The van der Waals surface area contributed by atoms with Crippen molar-refractivity contribution < 1.29 is 14.6 Å². The zero-order chi connectivity index (χ0) is 18.4. The normalized spacial score (nSPS) is 29.3. The first-order valence-electron chi connectivity index (χ1n) is 9.87. The summed E-state index contributed by atoms with van der Waals surface area (Å²) in [7, 11) is 0. The van der Waals surface area contributed by atoms with Crippen LogP contribution in [0.1, 0.15) is 30.0 Å². The number of hydrogen-bond donors (Lipinski definition) is 1. The van der Waals surface area contributed by atoms with E-state index in [-0.39, 0.29) is 11.9 Å². The fraction of sp³-hybridized carbons (Fsp3) is 0.524. The van der Waals surface area contributed by atoms with Crippen LogP contribution in [0.2, 0.25) is 0 Å². The molecule has 1 N–H and O–H groups in total. The van der Waals surface area contributed by atoms with Crippen LogP contribution in [0.25, 0.3) is 0 Å². The van der Waals surface area contributed by atoms with E-state index >= 15 is 0 Å². The van der Waals surface area contributed by atoms with Gasteiger partial charge in [-0.05, 0) is 47.9 Å². The molecule has 1 amide bonds. The van der Waals surface area contributed by atoms with Gasteiger partial charge in [0, 0.05) is 31.9 Å². The molecule has 1 aromatic carbocycles. The maximum Gasteiger partial charge on any atom is 0.227 e. The summed E-state index contributed by atoms with van der Waals surface area (Å²) in [6.45, 7) is 2.30. The summed E-state index contributed by atoms with van der Waals surface area (Å²) in [5, 5.41) is 14.9. The van der Waals surface area contributed by atoms with E-state index in [0.29, 0.717) is 18.3 Å². The fourth-order valence-corrected chi connectivity index (χ4v) is 5.01. The standard InChI is InChI=1S/C21H25N3O3/c25-19-11-17-13-23(12-16(17)10-18(19)24-6-1-5-22-24)21(26)9-14-2-3-20-15(8-14)4-7-27-20/h1-3,5-6,8,16-19,25H,4,7,9-13H2/t16-,17+,18-,19-/m1/s1. The van der Waals surface area contributed by atoms with Crippen LogP contribution in [0, 0.1) is 11.8 Å². The third-order valence-electron chi connectivity index (χ3n) is 6.44. The second-order valence-electron chi connectivity index (χ2n) is 8.13. The van der Waals surface area contributed by atoms with Crippen LogP contribution in [-0.4, -0.2) is 51.5 Å². The Kier molecular flexibility index (Phi) is 4.16. The van der Waals surface area contributed by atoms with Crippen LogP contribution in [0.3, 0.4) is 0 Å². The maximum atomic E-state index is 12.9. The van der Waals surface area contributed by atoms with Gasteiger partial charge in [-0.25, -0.2) is 0 Å². The van der Waals surface area contributed by atoms with Gasteiger partial charge in [0.2, 0.25) is 5.91 Å². The molecular formula is C21H25N3O3. The highest BCUT2D eigenvalue weighted by atomic mass is 16.5. The number of aliphatic hydroxyl groups is 1. The average molecular weight is 367 g/mol. The Hall–Kier alpha value is -2.34. The monoisotopic (exact) mass is 367 g/mol. The number of rotatable bonds is 3. The molecule has 142 valence electrons. The van der Waals surface area contributed by atoms with Gasteiger partial charge in [-0.15, -0.1) is 0 Å². The highest BCUT2D eigenvalue weighted by Gasteiger charge is 2.43. The lowest BCUT2D eigenvalue weighted by atomic mass is 9.77. The van der Waals surface area contributed by atoms with Crippen molar-refractivity contribution in [2.24, 2.45) is 11.8 Å². The van der Waals surface area contributed by atoms with Gasteiger partial charge in [-0.2, -0.15) is 5.10 Å². The van der Waals surface area contributed by atoms with Crippen molar-refractivity contribution in [3.63, 3.8) is 0 Å². The summed E-state index contributed by atoms with van der Waals surface area (Å²) in [4.78, 5) is 14.9. The summed E-state index contributed by atoms with van der Waals surface area (Å²) in [5.74, 6) is 1.98. The SMILES string of the molecule is O=C(Cc1ccc2c(c1)CCO2)N1C[C@H]2C[C@@H](n3cccn3)[C@H](O)C[C@H]2C1. The van der Waals surface area contributed by atoms with E-state index in [2.05, 4.69) is 11.2 Å². The first kappa shape index (κ1) is 16.8. The smallest absolute Gasteiger partial charge is 0.227 e. The minimum Gasteiger partial charge on any atom is -0.493 e. The van der Waals surface area contributed by atoms with Crippen LogP contribution < -0.4 is 4.74 Å². The van der Waals surface area contributed by atoms with Gasteiger partial charge in [-0.1, -0.05) is 12.1 Å². The predicted octanol–water partition coefficient (Wildman–Crippen LogP) is 1.83. The number of aliphatic hydroxyl groups excluding tert-OH is 1. The molecule has 3 heterocycles. The Balaban J connectivity index is 1.24. The zero-order valence-electron chi connectivity index (χ0n) is 15.3. The van der Waals surface area contributed by atoms with Crippen molar-refractivity contribution in [1.29, 1.82) is 0 Å². The number of fused-ring (bicyclic) bond motifs is 2. The van der Waals surface area contributed by atoms with Gasteiger partial charge < -0.3 is 14.7 Å². The van der Waals surface area contributed by atoms with Gasteiger partial charge in [0.15, 0.2) is 0 Å². The summed E-state index contributed by atoms with van der Waals surface area (Å²) in [6, 6.07) is 8.02. The number of nitrogens with zero attached hydrogens (tertiary/aromatic N) is 3. The van der Waals surface area contributed by atoms with E-state index < -0.39 is 6.10 Å². The van der Waals surface area contributed by atoms with E-state index in [1.165, 1.54) is 5.56 Å². The molecule has 1 aromatic heterocycles. The maximum absolute atomic E-state index is 12.9. The van der Waals surface area contributed by atoms with Crippen molar-refractivity contribution in [1.82, 2.24) is 14.7 Å². The second-order valence-corrected chi connectivity index (χ2v) is 8.13. The Bertz CT molecular complexity index is 835. The number of hydrogen-bond acceptors (Lipinski definition) is 4. The van der Waals surface area contributed by atoms with Crippen molar-refractivity contribution in [2.75, 3.05) is 19.7 Å². The van der Waals surface area contributed by atoms with Crippen molar-refractivity contribution >= 4 is 5.91 Å². The number of benzene rings is 1. The third-order valence-corrected chi connectivity index (χ3v) is 6.44. The molecule has 0 radical (unpaired) electrons. The number of carbonyl (C=O) groups excluding carboxylic acids is 1. The Morgan fingerprint density at radius 3 is 2.93 bits per heavy atom. The Morgan fingerprint density at radius 2 is 2.11 bits per heavy atom. The van der Waals surface area contributed by atoms with E-state index in [4.69, 9.17) is 4.74 Å². The molecule has 1 aliphatic carbocycles. The summed E-state index contributed by atoms with van der Waals surface area (Å²) in [5.41, 5.74) is 2.27. The molecule has 3 aliphatic rings. The number of likely N-dealkylation sites (tertiary alicyclic amines) is 1. The third kappa shape index (κ3) is 3.12. The van der Waals surface area contributed by atoms with Gasteiger partial charge in [-0.3, -0.25) is 9.48 Å². The predicted molar refractivity (Wildman–Crippen MR) is 99.4 cm³/mol. The van der Waals surface area contributed by atoms with E-state index in [9.17, 15) is 9.90 Å². The number of aromatic nitrogens is 2. The molecule has 1 saturated carbocycles. The summed E-state index contributed by atoms with van der Waals surface area (Å²) in [6.07, 6.45) is 6.28. The van der Waals surface area contributed by atoms with Crippen LogP contribution in [0.4, 0.5) is 0 Å². The number of ether oxygens (including phenoxy) is 1. The van der Waals surface area contributed by atoms with Crippen LogP contribution >= 0.6 is 0 Å². The molecular weight excluding hydrogens is 342 g/mol.